The molecule has 2 nitrogen and oxygen atoms in total. The maximum Gasteiger partial charge on any atom is 0.178 e. The van der Waals surface area contributed by atoms with Gasteiger partial charge >= 0.3 is 0 Å². The first-order valence-corrected chi connectivity index (χ1v) is 8.36. The fourth-order valence-corrected chi connectivity index (χ4v) is 5.01. The average molecular weight is 323 g/mol. The standard InChI is InChI=1S/C17H23ClN2S/c1-16(2)8-11(9-17(3,4)10-16)20-13-7-5-6-12(18)14(13)19-15(20)21/h5-7,11H,8-10H2,1-4H3,(H,19,21). The molecular weight excluding hydrogens is 300 g/mol. The molecule has 1 N–H and O–H groups in total. The predicted molar refractivity (Wildman–Crippen MR) is 92.6 cm³/mol. The van der Waals surface area contributed by atoms with Gasteiger partial charge in [-0.3, -0.25) is 0 Å². The van der Waals surface area contributed by atoms with Gasteiger partial charge in [0.05, 0.1) is 16.1 Å². The van der Waals surface area contributed by atoms with E-state index in [1.165, 1.54) is 6.42 Å². The number of benzene rings is 1. The molecule has 0 saturated heterocycles. The maximum absolute atomic E-state index is 6.30. The van der Waals surface area contributed by atoms with Gasteiger partial charge in [-0.25, -0.2) is 0 Å². The summed E-state index contributed by atoms with van der Waals surface area (Å²) < 4.78 is 3.08. The largest absolute Gasteiger partial charge is 0.329 e. The summed E-state index contributed by atoms with van der Waals surface area (Å²) in [4.78, 5) is 3.29. The molecule has 114 valence electrons. The Morgan fingerprint density at radius 3 is 2.43 bits per heavy atom. The second-order valence-electron chi connectivity index (χ2n) is 8.00. The summed E-state index contributed by atoms with van der Waals surface area (Å²) in [6, 6.07) is 6.46. The van der Waals surface area contributed by atoms with Crippen LogP contribution in [0.4, 0.5) is 0 Å². The van der Waals surface area contributed by atoms with E-state index in [4.69, 9.17) is 23.8 Å². The maximum atomic E-state index is 6.30. The lowest BCUT2D eigenvalue weighted by atomic mass is 9.63. The predicted octanol–water partition coefficient (Wildman–Crippen LogP) is 6.13. The average Bonchev–Trinajstić information content (AvgIpc) is 2.62. The van der Waals surface area contributed by atoms with Gasteiger partial charge in [-0.1, -0.05) is 45.4 Å². The minimum absolute atomic E-state index is 0.337. The lowest BCUT2D eigenvalue weighted by Gasteiger charge is -2.45. The van der Waals surface area contributed by atoms with E-state index in [-0.39, 0.29) is 0 Å². The fourth-order valence-electron chi connectivity index (χ4n) is 4.45. The highest BCUT2D eigenvalue weighted by atomic mass is 35.5. The molecule has 1 saturated carbocycles. The van der Waals surface area contributed by atoms with E-state index < -0.39 is 0 Å². The Balaban J connectivity index is 2.14. The molecule has 0 aliphatic heterocycles. The highest BCUT2D eigenvalue weighted by Crippen LogP contribution is 2.50. The van der Waals surface area contributed by atoms with Crippen LogP contribution in [0.5, 0.6) is 0 Å². The zero-order valence-corrected chi connectivity index (χ0v) is 14.7. The van der Waals surface area contributed by atoms with Crippen LogP contribution in [-0.2, 0) is 0 Å². The molecule has 2 aromatic rings. The van der Waals surface area contributed by atoms with Crippen molar-refractivity contribution in [1.29, 1.82) is 0 Å². The van der Waals surface area contributed by atoms with Crippen LogP contribution in [-0.4, -0.2) is 9.55 Å². The van der Waals surface area contributed by atoms with Crippen molar-refractivity contribution in [2.24, 2.45) is 10.8 Å². The number of imidazole rings is 1. The number of fused-ring (bicyclic) bond motifs is 1. The fraction of sp³-hybridized carbons (Fsp3) is 0.588. The van der Waals surface area contributed by atoms with Crippen molar-refractivity contribution in [1.82, 2.24) is 9.55 Å². The lowest BCUT2D eigenvalue weighted by molar-refractivity contribution is 0.0733. The second kappa shape index (κ2) is 4.85. The van der Waals surface area contributed by atoms with Crippen molar-refractivity contribution in [3.05, 3.63) is 28.0 Å². The van der Waals surface area contributed by atoms with E-state index in [0.29, 0.717) is 16.9 Å². The smallest absolute Gasteiger partial charge is 0.178 e. The Kier molecular flexibility index (Phi) is 3.49. The quantitative estimate of drug-likeness (QED) is 0.626. The van der Waals surface area contributed by atoms with Gasteiger partial charge in [-0.15, -0.1) is 0 Å². The topological polar surface area (TPSA) is 20.7 Å². The van der Waals surface area contributed by atoms with Crippen molar-refractivity contribution in [3.8, 4) is 0 Å². The molecule has 0 unspecified atom stereocenters. The molecule has 0 amide bonds. The number of H-pyrrole nitrogens is 1. The van der Waals surface area contributed by atoms with Gasteiger partial charge in [-0.05, 0) is 54.4 Å². The summed E-state index contributed by atoms with van der Waals surface area (Å²) in [5.41, 5.74) is 2.77. The molecule has 1 aromatic heterocycles. The number of nitrogens with one attached hydrogen (secondary N) is 1. The van der Waals surface area contributed by atoms with Crippen molar-refractivity contribution in [2.45, 2.75) is 53.0 Å². The van der Waals surface area contributed by atoms with Crippen LogP contribution < -0.4 is 0 Å². The summed E-state index contributed by atoms with van der Waals surface area (Å²) in [5.74, 6) is 0. The number of rotatable bonds is 1. The molecule has 4 heteroatoms. The molecule has 1 aliphatic carbocycles. The Morgan fingerprint density at radius 1 is 1.19 bits per heavy atom. The molecule has 0 atom stereocenters. The number of halogens is 1. The highest BCUT2D eigenvalue weighted by molar-refractivity contribution is 7.71. The van der Waals surface area contributed by atoms with E-state index >= 15 is 0 Å². The zero-order valence-electron chi connectivity index (χ0n) is 13.2. The van der Waals surface area contributed by atoms with Crippen LogP contribution in [0.15, 0.2) is 18.2 Å². The highest BCUT2D eigenvalue weighted by Gasteiger charge is 2.39. The van der Waals surface area contributed by atoms with Gasteiger partial charge in [0, 0.05) is 6.04 Å². The third-order valence-corrected chi connectivity index (χ3v) is 5.21. The minimum Gasteiger partial charge on any atom is -0.329 e. The monoisotopic (exact) mass is 322 g/mol. The molecule has 21 heavy (non-hydrogen) atoms. The van der Waals surface area contributed by atoms with Crippen LogP contribution >= 0.6 is 23.8 Å². The molecule has 1 heterocycles. The Hall–Kier alpha value is -0.800. The van der Waals surface area contributed by atoms with Crippen LogP contribution in [0.3, 0.4) is 0 Å². The summed E-state index contributed by atoms with van der Waals surface area (Å²) in [7, 11) is 0. The van der Waals surface area contributed by atoms with Crippen molar-refractivity contribution >= 4 is 34.9 Å². The molecule has 0 radical (unpaired) electrons. The second-order valence-corrected chi connectivity index (χ2v) is 8.80. The Labute approximate surface area is 136 Å². The first-order chi connectivity index (χ1) is 9.69. The Morgan fingerprint density at radius 2 is 1.81 bits per heavy atom. The summed E-state index contributed by atoms with van der Waals surface area (Å²) in [6.07, 6.45) is 3.57. The third-order valence-electron chi connectivity index (χ3n) is 4.60. The minimum atomic E-state index is 0.337. The molecular formula is C17H23ClN2S. The third kappa shape index (κ3) is 2.78. The van der Waals surface area contributed by atoms with E-state index in [1.807, 2.05) is 12.1 Å². The molecule has 1 fully saturated rings. The number of aromatic nitrogens is 2. The zero-order chi connectivity index (χ0) is 15.4. The van der Waals surface area contributed by atoms with Gasteiger partial charge in [0.2, 0.25) is 0 Å². The van der Waals surface area contributed by atoms with Crippen LogP contribution in [0.25, 0.3) is 11.0 Å². The van der Waals surface area contributed by atoms with Crippen molar-refractivity contribution in [2.75, 3.05) is 0 Å². The summed E-state index contributed by atoms with van der Waals surface area (Å²) in [5, 5.41) is 0.742. The molecule has 0 bridgehead atoms. The van der Waals surface area contributed by atoms with Crippen molar-refractivity contribution in [3.63, 3.8) is 0 Å². The number of nitrogens with zero attached hydrogens (tertiary/aromatic N) is 1. The normalized spacial score (nSPS) is 21.8. The van der Waals surface area contributed by atoms with Gasteiger partial charge in [0.25, 0.3) is 0 Å². The Bertz CT molecular complexity index is 723. The van der Waals surface area contributed by atoms with Crippen molar-refractivity contribution < 1.29 is 0 Å². The van der Waals surface area contributed by atoms with E-state index in [9.17, 15) is 0 Å². The number of para-hydroxylation sites is 1. The van der Waals surface area contributed by atoms with Crippen LogP contribution in [0.2, 0.25) is 5.02 Å². The molecule has 1 aromatic carbocycles. The number of hydrogen-bond acceptors (Lipinski definition) is 1. The van der Waals surface area contributed by atoms with E-state index in [1.54, 1.807) is 0 Å². The molecule has 0 spiro atoms. The summed E-state index contributed by atoms with van der Waals surface area (Å²) >= 11 is 11.9. The van der Waals surface area contributed by atoms with E-state index in [2.05, 4.69) is 43.3 Å². The van der Waals surface area contributed by atoms with Crippen LogP contribution in [0.1, 0.15) is 53.0 Å². The van der Waals surface area contributed by atoms with E-state index in [0.717, 1.165) is 33.7 Å². The number of aromatic amines is 1. The van der Waals surface area contributed by atoms with Gasteiger partial charge in [0.15, 0.2) is 4.77 Å². The first-order valence-electron chi connectivity index (χ1n) is 7.57. The number of hydrogen-bond donors (Lipinski definition) is 1. The summed E-state index contributed by atoms with van der Waals surface area (Å²) in [6.45, 7) is 9.47. The van der Waals surface area contributed by atoms with Crippen LogP contribution in [0, 0.1) is 15.6 Å². The first kappa shape index (κ1) is 15.1. The van der Waals surface area contributed by atoms with Gasteiger partial charge in [0.1, 0.15) is 0 Å². The molecule has 3 rings (SSSR count). The van der Waals surface area contributed by atoms with Gasteiger partial charge < -0.3 is 9.55 Å². The SMILES string of the molecule is CC1(C)CC(n2c(=S)[nH]c3c(Cl)cccc32)CC(C)(C)C1. The lowest BCUT2D eigenvalue weighted by Crippen LogP contribution is -2.35. The molecule has 1 aliphatic rings. The van der Waals surface area contributed by atoms with Gasteiger partial charge in [-0.2, -0.15) is 0 Å².